The first-order valence-corrected chi connectivity index (χ1v) is 7.55. The Bertz CT molecular complexity index is 534. The Morgan fingerprint density at radius 3 is 2.39 bits per heavy atom. The van der Waals surface area contributed by atoms with Gasteiger partial charge < -0.3 is 14.8 Å². The lowest BCUT2D eigenvalue weighted by Crippen LogP contribution is -2.47. The number of amides is 1. The lowest BCUT2D eigenvalue weighted by atomic mass is 10.0. The highest BCUT2D eigenvalue weighted by molar-refractivity contribution is 5.82. The summed E-state index contributed by atoms with van der Waals surface area (Å²) in [6.07, 6.45) is 0.930. The summed E-state index contributed by atoms with van der Waals surface area (Å²) in [4.78, 5) is 24.2. The second-order valence-corrected chi connectivity index (χ2v) is 6.31. The fourth-order valence-corrected chi connectivity index (χ4v) is 1.79. The predicted molar refractivity (Wildman–Crippen MR) is 88.8 cm³/mol. The monoisotopic (exact) mass is 319 g/mol. The fraction of sp³-hybridized carbons (Fsp3) is 0.444. The van der Waals surface area contributed by atoms with Gasteiger partial charge in [0.2, 0.25) is 0 Å². The number of hydrogen-bond donors (Lipinski definition) is 1. The van der Waals surface area contributed by atoms with Crippen LogP contribution in [0.3, 0.4) is 0 Å². The molecule has 0 radical (unpaired) electrons. The normalized spacial score (nSPS) is 13.6. The number of carbonyl (C=O) groups is 2. The lowest BCUT2D eigenvalue weighted by molar-refractivity contribution is -0.148. The molecular formula is C18H25NO4. The van der Waals surface area contributed by atoms with Crippen LogP contribution in [-0.4, -0.2) is 23.7 Å². The van der Waals surface area contributed by atoms with Gasteiger partial charge in [0.1, 0.15) is 18.2 Å². The van der Waals surface area contributed by atoms with Crippen LogP contribution in [-0.2, 0) is 20.9 Å². The van der Waals surface area contributed by atoms with E-state index in [1.54, 1.807) is 33.8 Å². The smallest absolute Gasteiger partial charge is 0.408 e. The number of carbonyl (C=O) groups excluding carboxylic acids is 2. The first kappa shape index (κ1) is 18.7. The maximum Gasteiger partial charge on any atom is 0.408 e. The molecule has 0 saturated carbocycles. The highest BCUT2D eigenvalue weighted by Crippen LogP contribution is 2.11. The molecule has 5 nitrogen and oxygen atoms in total. The number of benzene rings is 1. The van der Waals surface area contributed by atoms with Crippen LogP contribution in [0, 0.1) is 5.92 Å². The second kappa shape index (κ2) is 8.36. The fourth-order valence-electron chi connectivity index (χ4n) is 1.79. The van der Waals surface area contributed by atoms with Crippen LogP contribution >= 0.6 is 0 Å². The molecule has 0 spiro atoms. The Morgan fingerprint density at radius 2 is 1.87 bits per heavy atom. The van der Waals surface area contributed by atoms with Gasteiger partial charge in [0.25, 0.3) is 0 Å². The summed E-state index contributed by atoms with van der Waals surface area (Å²) in [6.45, 7) is 10.9. The minimum absolute atomic E-state index is 0.149. The summed E-state index contributed by atoms with van der Waals surface area (Å²) in [5.41, 5.74) is 0.239. The largest absolute Gasteiger partial charge is 0.459 e. The second-order valence-electron chi connectivity index (χ2n) is 6.31. The van der Waals surface area contributed by atoms with Gasteiger partial charge in [-0.3, -0.25) is 0 Å². The van der Waals surface area contributed by atoms with E-state index in [0.717, 1.165) is 5.56 Å². The van der Waals surface area contributed by atoms with Crippen molar-refractivity contribution in [2.24, 2.45) is 5.92 Å². The molecule has 0 aromatic heterocycles. The molecule has 1 N–H and O–H groups in total. The molecule has 5 heteroatoms. The maximum absolute atomic E-state index is 12.3. The van der Waals surface area contributed by atoms with Gasteiger partial charge in [-0.1, -0.05) is 43.3 Å². The topological polar surface area (TPSA) is 64.6 Å². The van der Waals surface area contributed by atoms with Crippen molar-refractivity contribution in [3.8, 4) is 0 Å². The van der Waals surface area contributed by atoms with E-state index < -0.39 is 23.7 Å². The van der Waals surface area contributed by atoms with Crippen molar-refractivity contribution in [2.75, 3.05) is 0 Å². The zero-order valence-corrected chi connectivity index (χ0v) is 14.2. The molecular weight excluding hydrogens is 294 g/mol. The molecule has 1 rings (SSSR count). The molecule has 126 valence electrons. The van der Waals surface area contributed by atoms with E-state index in [9.17, 15) is 9.59 Å². The molecule has 0 aliphatic heterocycles. The lowest BCUT2D eigenvalue weighted by Gasteiger charge is -2.25. The molecule has 0 heterocycles. The summed E-state index contributed by atoms with van der Waals surface area (Å²) in [7, 11) is 0. The Morgan fingerprint density at radius 1 is 1.26 bits per heavy atom. The average molecular weight is 319 g/mol. The van der Waals surface area contributed by atoms with Gasteiger partial charge in [-0.15, -0.1) is 6.58 Å². The van der Waals surface area contributed by atoms with E-state index >= 15 is 0 Å². The number of ether oxygens (including phenoxy) is 2. The van der Waals surface area contributed by atoms with Crippen LogP contribution < -0.4 is 5.32 Å². The van der Waals surface area contributed by atoms with Crippen molar-refractivity contribution in [3.63, 3.8) is 0 Å². The molecule has 0 bridgehead atoms. The van der Waals surface area contributed by atoms with E-state index in [2.05, 4.69) is 11.9 Å². The molecule has 0 aliphatic carbocycles. The number of hydrogen-bond acceptors (Lipinski definition) is 4. The van der Waals surface area contributed by atoms with Crippen LogP contribution in [0.25, 0.3) is 0 Å². The number of rotatable bonds is 6. The maximum atomic E-state index is 12.3. The van der Waals surface area contributed by atoms with Crippen LogP contribution in [0.4, 0.5) is 4.79 Å². The zero-order valence-electron chi connectivity index (χ0n) is 14.2. The van der Waals surface area contributed by atoms with Crippen LogP contribution in [0.1, 0.15) is 33.3 Å². The van der Waals surface area contributed by atoms with Gasteiger partial charge in [-0.2, -0.15) is 0 Å². The number of nitrogens with one attached hydrogen (secondary N) is 1. The SMILES string of the molecule is C=C[C@@H](C)[C@H](NC(=O)OC(C)(C)C)C(=O)OCc1ccccc1. The third-order valence-electron chi connectivity index (χ3n) is 3.05. The predicted octanol–water partition coefficient (Wildman–Crippen LogP) is 3.45. The molecule has 1 aromatic rings. The van der Waals surface area contributed by atoms with Gasteiger partial charge in [-0.05, 0) is 26.3 Å². The van der Waals surface area contributed by atoms with E-state index in [-0.39, 0.29) is 12.5 Å². The van der Waals surface area contributed by atoms with Gasteiger partial charge >= 0.3 is 12.1 Å². The Kier molecular flexibility index (Phi) is 6.82. The van der Waals surface area contributed by atoms with Gasteiger partial charge in [-0.25, -0.2) is 9.59 Å². The molecule has 1 amide bonds. The van der Waals surface area contributed by atoms with Crippen LogP contribution in [0.15, 0.2) is 43.0 Å². The highest BCUT2D eigenvalue weighted by Gasteiger charge is 2.29. The van der Waals surface area contributed by atoms with E-state index in [1.807, 2.05) is 30.3 Å². The Balaban J connectivity index is 2.67. The first-order valence-electron chi connectivity index (χ1n) is 7.55. The minimum Gasteiger partial charge on any atom is -0.459 e. The van der Waals surface area contributed by atoms with Crippen LogP contribution in [0.5, 0.6) is 0 Å². The van der Waals surface area contributed by atoms with Gasteiger partial charge in [0.05, 0.1) is 0 Å². The van der Waals surface area contributed by atoms with Crippen molar-refractivity contribution in [3.05, 3.63) is 48.6 Å². The molecule has 0 unspecified atom stereocenters. The summed E-state index contributed by atoms with van der Waals surface area (Å²) in [5, 5.41) is 2.55. The van der Waals surface area contributed by atoms with Crippen LogP contribution in [0.2, 0.25) is 0 Å². The van der Waals surface area contributed by atoms with Crippen molar-refractivity contribution >= 4 is 12.1 Å². The number of esters is 1. The molecule has 23 heavy (non-hydrogen) atoms. The van der Waals surface area contributed by atoms with E-state index in [0.29, 0.717) is 0 Å². The van der Waals surface area contributed by atoms with Crippen molar-refractivity contribution < 1.29 is 19.1 Å². The minimum atomic E-state index is -0.842. The molecule has 2 atom stereocenters. The van der Waals surface area contributed by atoms with Crippen molar-refractivity contribution in [1.29, 1.82) is 0 Å². The summed E-state index contributed by atoms with van der Waals surface area (Å²) in [5.74, 6) is -0.807. The summed E-state index contributed by atoms with van der Waals surface area (Å²) >= 11 is 0. The Labute approximate surface area is 137 Å². The Hall–Kier alpha value is -2.30. The molecule has 1 aromatic carbocycles. The quantitative estimate of drug-likeness (QED) is 0.644. The van der Waals surface area contributed by atoms with E-state index in [1.165, 1.54) is 0 Å². The highest BCUT2D eigenvalue weighted by atomic mass is 16.6. The molecule has 0 saturated heterocycles. The number of alkyl carbamates (subject to hydrolysis) is 1. The average Bonchev–Trinajstić information content (AvgIpc) is 2.49. The summed E-state index contributed by atoms with van der Waals surface area (Å²) < 4.78 is 10.5. The third kappa shape index (κ3) is 7.00. The van der Waals surface area contributed by atoms with Crippen molar-refractivity contribution in [1.82, 2.24) is 5.32 Å². The molecule has 0 aliphatic rings. The van der Waals surface area contributed by atoms with E-state index in [4.69, 9.17) is 9.47 Å². The zero-order chi connectivity index (χ0) is 17.5. The molecule has 0 fully saturated rings. The van der Waals surface area contributed by atoms with Crippen molar-refractivity contribution in [2.45, 2.75) is 45.9 Å². The summed E-state index contributed by atoms with van der Waals surface area (Å²) in [6, 6.07) is 8.50. The first-order chi connectivity index (χ1) is 10.7. The van der Waals surface area contributed by atoms with Gasteiger partial charge in [0, 0.05) is 5.92 Å². The standard InChI is InChI=1S/C18H25NO4/c1-6-13(2)15(19-17(21)23-18(3,4)5)16(20)22-12-14-10-8-7-9-11-14/h6-11,13,15H,1,12H2,2-5H3,(H,19,21)/t13-,15+/m1/s1. The third-order valence-corrected chi connectivity index (χ3v) is 3.05. The van der Waals surface area contributed by atoms with Gasteiger partial charge in [0.15, 0.2) is 0 Å².